The molecule has 1 aromatic carbocycles. The van der Waals surface area contributed by atoms with Crippen molar-refractivity contribution in [1.82, 2.24) is 4.98 Å². The van der Waals surface area contributed by atoms with E-state index in [1.807, 2.05) is 20.8 Å². The van der Waals surface area contributed by atoms with E-state index in [2.05, 4.69) is 44.7 Å². The van der Waals surface area contributed by atoms with E-state index in [0.717, 1.165) is 65.4 Å². The largest absolute Gasteiger partial charge is 0.485 e. The molecule has 3 rings (SSSR count). The zero-order chi connectivity index (χ0) is 22.2. The molecule has 0 N–H and O–H groups in total. The summed E-state index contributed by atoms with van der Waals surface area (Å²) in [7, 11) is 0. The first-order chi connectivity index (χ1) is 14.0. The van der Waals surface area contributed by atoms with Gasteiger partial charge in [-0.15, -0.1) is 0 Å². The Kier molecular flexibility index (Phi) is 6.11. The second-order valence-corrected chi connectivity index (χ2v) is 8.82. The second kappa shape index (κ2) is 8.29. The third kappa shape index (κ3) is 4.30. The zero-order valence-electron chi connectivity index (χ0n) is 19.6. The molecule has 5 heteroatoms. The molecule has 0 spiro atoms. The van der Waals surface area contributed by atoms with Crippen LogP contribution in [0.4, 0.5) is 5.82 Å². The lowest BCUT2D eigenvalue weighted by atomic mass is 9.86. The number of rotatable bonds is 5. The van der Waals surface area contributed by atoms with Gasteiger partial charge in [-0.1, -0.05) is 0 Å². The SMILES string of the molecule is CCN(CC1(C)CCc2c(C)c(OC(C)=O)c(C)c(C)c2O1)c1cc(C)cc(C)n1. The summed E-state index contributed by atoms with van der Waals surface area (Å²) in [4.78, 5) is 18.6. The van der Waals surface area contributed by atoms with E-state index in [1.165, 1.54) is 12.5 Å². The third-order valence-electron chi connectivity index (χ3n) is 6.12. The average Bonchev–Trinajstić information content (AvgIpc) is 2.66. The summed E-state index contributed by atoms with van der Waals surface area (Å²) in [5, 5.41) is 0. The van der Waals surface area contributed by atoms with Crippen molar-refractivity contribution in [1.29, 1.82) is 0 Å². The molecule has 0 saturated heterocycles. The molecule has 1 aliphatic heterocycles. The average molecular weight is 411 g/mol. The van der Waals surface area contributed by atoms with Crippen LogP contribution in [0.25, 0.3) is 0 Å². The van der Waals surface area contributed by atoms with Crippen LogP contribution >= 0.6 is 0 Å². The molecule has 1 atom stereocenters. The molecule has 0 saturated carbocycles. The fourth-order valence-electron chi connectivity index (χ4n) is 4.43. The summed E-state index contributed by atoms with van der Waals surface area (Å²) in [6, 6.07) is 4.24. The van der Waals surface area contributed by atoms with Gasteiger partial charge in [0.25, 0.3) is 0 Å². The summed E-state index contributed by atoms with van der Waals surface area (Å²) in [6.45, 7) is 17.6. The van der Waals surface area contributed by atoms with Gasteiger partial charge in [0.1, 0.15) is 22.9 Å². The normalized spacial score (nSPS) is 17.9. The highest BCUT2D eigenvalue weighted by molar-refractivity contribution is 5.72. The predicted molar refractivity (Wildman–Crippen MR) is 121 cm³/mol. The van der Waals surface area contributed by atoms with Gasteiger partial charge in [0, 0.05) is 24.7 Å². The van der Waals surface area contributed by atoms with Crippen LogP contribution in [-0.2, 0) is 11.2 Å². The van der Waals surface area contributed by atoms with Crippen LogP contribution in [-0.4, -0.2) is 29.6 Å². The Morgan fingerprint density at radius 2 is 1.87 bits per heavy atom. The first-order valence-electron chi connectivity index (χ1n) is 10.7. The molecule has 1 aromatic heterocycles. The van der Waals surface area contributed by atoms with E-state index >= 15 is 0 Å². The van der Waals surface area contributed by atoms with Crippen LogP contribution in [0.3, 0.4) is 0 Å². The number of hydrogen-bond donors (Lipinski definition) is 0. The number of carbonyl (C=O) groups excluding carboxylic acids is 1. The van der Waals surface area contributed by atoms with Crippen LogP contribution < -0.4 is 14.4 Å². The van der Waals surface area contributed by atoms with Crippen LogP contribution in [0.1, 0.15) is 60.7 Å². The number of ether oxygens (including phenoxy) is 2. The van der Waals surface area contributed by atoms with Crippen LogP contribution in [0.2, 0.25) is 0 Å². The molecule has 162 valence electrons. The topological polar surface area (TPSA) is 51.7 Å². The van der Waals surface area contributed by atoms with Gasteiger partial charge in [0.15, 0.2) is 0 Å². The number of nitrogens with zero attached hydrogens (tertiary/aromatic N) is 2. The minimum absolute atomic E-state index is 0.290. The lowest BCUT2D eigenvalue weighted by Gasteiger charge is -2.41. The van der Waals surface area contributed by atoms with Gasteiger partial charge >= 0.3 is 5.97 Å². The lowest BCUT2D eigenvalue weighted by molar-refractivity contribution is -0.132. The summed E-state index contributed by atoms with van der Waals surface area (Å²) in [5.41, 5.74) is 6.10. The number of fused-ring (bicyclic) bond motifs is 1. The molecule has 0 bridgehead atoms. The van der Waals surface area contributed by atoms with Gasteiger partial charge in [-0.05, 0) is 95.7 Å². The maximum atomic E-state index is 11.6. The monoisotopic (exact) mass is 410 g/mol. The number of aryl methyl sites for hydroxylation is 2. The number of esters is 1. The molecular weight excluding hydrogens is 376 g/mol. The Bertz CT molecular complexity index is 963. The molecule has 0 radical (unpaired) electrons. The van der Waals surface area contributed by atoms with E-state index in [0.29, 0.717) is 5.75 Å². The summed E-state index contributed by atoms with van der Waals surface area (Å²) >= 11 is 0. The number of likely N-dealkylation sites (N-methyl/N-ethyl adjacent to an activating group) is 1. The number of aromatic nitrogens is 1. The Morgan fingerprint density at radius 1 is 1.17 bits per heavy atom. The molecule has 5 nitrogen and oxygen atoms in total. The second-order valence-electron chi connectivity index (χ2n) is 8.82. The molecule has 1 unspecified atom stereocenters. The summed E-state index contributed by atoms with van der Waals surface area (Å²) in [6.07, 6.45) is 1.79. The van der Waals surface area contributed by atoms with Crippen molar-refractivity contribution in [2.45, 2.75) is 73.8 Å². The Morgan fingerprint density at radius 3 is 2.47 bits per heavy atom. The molecule has 1 aliphatic rings. The first-order valence-corrected chi connectivity index (χ1v) is 10.7. The fraction of sp³-hybridized carbons (Fsp3) is 0.520. The Hall–Kier alpha value is -2.56. The van der Waals surface area contributed by atoms with E-state index in [9.17, 15) is 4.79 Å². The van der Waals surface area contributed by atoms with E-state index in [4.69, 9.17) is 14.5 Å². The van der Waals surface area contributed by atoms with Gasteiger partial charge in [-0.25, -0.2) is 4.98 Å². The highest BCUT2D eigenvalue weighted by Crippen LogP contribution is 2.44. The quantitative estimate of drug-likeness (QED) is 0.503. The van der Waals surface area contributed by atoms with E-state index < -0.39 is 0 Å². The number of anilines is 1. The Labute approximate surface area is 180 Å². The van der Waals surface area contributed by atoms with Crippen molar-refractivity contribution in [2.24, 2.45) is 0 Å². The van der Waals surface area contributed by atoms with Crippen molar-refractivity contribution in [3.05, 3.63) is 45.6 Å². The summed E-state index contributed by atoms with van der Waals surface area (Å²) in [5.74, 6) is 2.33. The molecule has 0 aliphatic carbocycles. The summed E-state index contributed by atoms with van der Waals surface area (Å²) < 4.78 is 12.2. The standard InChI is InChI=1S/C25H34N2O3/c1-9-27(22-13-15(2)12-16(3)26-22)14-25(8)11-10-21-19(6)23(29-20(7)28)17(4)18(5)24(21)30-25/h12-13H,9-11,14H2,1-8H3. The molecule has 30 heavy (non-hydrogen) atoms. The Balaban J connectivity index is 1.93. The minimum Gasteiger partial charge on any atom is -0.485 e. The van der Waals surface area contributed by atoms with Gasteiger partial charge in [-0.3, -0.25) is 4.79 Å². The van der Waals surface area contributed by atoms with Crippen molar-refractivity contribution in [3.63, 3.8) is 0 Å². The maximum Gasteiger partial charge on any atom is 0.308 e. The third-order valence-corrected chi connectivity index (χ3v) is 6.12. The maximum absolute atomic E-state index is 11.6. The number of benzene rings is 1. The van der Waals surface area contributed by atoms with Gasteiger partial charge < -0.3 is 14.4 Å². The molecular formula is C25H34N2O3. The smallest absolute Gasteiger partial charge is 0.308 e. The first kappa shape index (κ1) is 22.1. The van der Waals surface area contributed by atoms with E-state index in [-0.39, 0.29) is 11.6 Å². The van der Waals surface area contributed by atoms with E-state index in [1.54, 1.807) is 0 Å². The van der Waals surface area contributed by atoms with Crippen molar-refractivity contribution in [2.75, 3.05) is 18.0 Å². The number of pyridine rings is 1. The number of carbonyl (C=O) groups is 1. The van der Waals surface area contributed by atoms with Crippen molar-refractivity contribution >= 4 is 11.8 Å². The predicted octanol–water partition coefficient (Wildman–Crippen LogP) is 5.16. The van der Waals surface area contributed by atoms with Crippen LogP contribution in [0.5, 0.6) is 11.5 Å². The fourth-order valence-corrected chi connectivity index (χ4v) is 4.43. The molecule has 2 aromatic rings. The van der Waals surface area contributed by atoms with Gasteiger partial charge in [-0.2, -0.15) is 0 Å². The molecule has 0 fully saturated rings. The minimum atomic E-state index is -0.324. The number of hydrogen-bond acceptors (Lipinski definition) is 5. The van der Waals surface area contributed by atoms with Crippen LogP contribution in [0.15, 0.2) is 12.1 Å². The highest BCUT2D eigenvalue weighted by atomic mass is 16.5. The van der Waals surface area contributed by atoms with Crippen LogP contribution in [0, 0.1) is 34.6 Å². The zero-order valence-corrected chi connectivity index (χ0v) is 19.6. The molecule has 2 heterocycles. The molecule has 0 amide bonds. The highest BCUT2D eigenvalue weighted by Gasteiger charge is 2.36. The van der Waals surface area contributed by atoms with Gasteiger partial charge in [0.05, 0.1) is 6.54 Å². The van der Waals surface area contributed by atoms with Crippen molar-refractivity contribution < 1.29 is 14.3 Å². The lowest BCUT2D eigenvalue weighted by Crippen LogP contribution is -2.48. The van der Waals surface area contributed by atoms with Gasteiger partial charge in [0.2, 0.25) is 0 Å². The van der Waals surface area contributed by atoms with Crippen molar-refractivity contribution in [3.8, 4) is 11.5 Å².